The Morgan fingerprint density at radius 2 is 2.00 bits per heavy atom. The quantitative estimate of drug-likeness (QED) is 0.906. The largest absolute Gasteiger partial charge is 0.497 e. The number of carbonyl (C=O) groups is 1. The van der Waals surface area contributed by atoms with Crippen LogP contribution in [0, 0.1) is 5.82 Å². The Morgan fingerprint density at radius 1 is 1.20 bits per heavy atom. The van der Waals surface area contributed by atoms with Crippen LogP contribution in [0.15, 0.2) is 48.5 Å². The predicted molar refractivity (Wildman–Crippen MR) is 76.3 cm³/mol. The highest BCUT2D eigenvalue weighted by Gasteiger charge is 2.04. The average molecular weight is 273 g/mol. The van der Waals surface area contributed by atoms with Crippen molar-refractivity contribution in [2.24, 2.45) is 0 Å². The van der Waals surface area contributed by atoms with Crippen LogP contribution in [-0.2, 0) is 11.2 Å². The molecular formula is C16H16FNO2. The molecule has 0 aliphatic rings. The van der Waals surface area contributed by atoms with Gasteiger partial charge in [-0.05, 0) is 42.3 Å². The van der Waals surface area contributed by atoms with E-state index in [1.54, 1.807) is 19.2 Å². The Hall–Kier alpha value is -2.36. The molecule has 20 heavy (non-hydrogen) atoms. The molecular weight excluding hydrogens is 257 g/mol. The topological polar surface area (TPSA) is 38.3 Å². The number of amides is 1. The molecule has 0 atom stereocenters. The molecule has 0 fully saturated rings. The molecule has 1 amide bonds. The van der Waals surface area contributed by atoms with Crippen molar-refractivity contribution in [3.8, 4) is 5.75 Å². The van der Waals surface area contributed by atoms with Crippen molar-refractivity contribution in [2.45, 2.75) is 12.8 Å². The Kier molecular flexibility index (Phi) is 4.71. The fourth-order valence-corrected chi connectivity index (χ4v) is 1.88. The van der Waals surface area contributed by atoms with E-state index < -0.39 is 0 Å². The van der Waals surface area contributed by atoms with Crippen molar-refractivity contribution in [1.82, 2.24) is 0 Å². The Morgan fingerprint density at radius 3 is 2.75 bits per heavy atom. The van der Waals surface area contributed by atoms with Gasteiger partial charge in [0.2, 0.25) is 5.91 Å². The molecule has 0 aliphatic heterocycles. The highest BCUT2D eigenvalue weighted by molar-refractivity contribution is 5.90. The van der Waals surface area contributed by atoms with Crippen LogP contribution in [0.4, 0.5) is 10.1 Å². The number of ether oxygens (including phenoxy) is 1. The van der Waals surface area contributed by atoms with Crippen LogP contribution < -0.4 is 10.1 Å². The predicted octanol–water partition coefficient (Wildman–Crippen LogP) is 3.41. The van der Waals surface area contributed by atoms with Crippen LogP contribution >= 0.6 is 0 Å². The summed E-state index contributed by atoms with van der Waals surface area (Å²) in [7, 11) is 1.61. The highest BCUT2D eigenvalue weighted by Crippen LogP contribution is 2.15. The summed E-state index contributed by atoms with van der Waals surface area (Å²) in [5.74, 6) is 0.266. The number of rotatable bonds is 5. The second kappa shape index (κ2) is 6.70. The summed E-state index contributed by atoms with van der Waals surface area (Å²) in [5.41, 5.74) is 1.50. The van der Waals surface area contributed by atoms with Gasteiger partial charge in [-0.15, -0.1) is 0 Å². The third-order valence-electron chi connectivity index (χ3n) is 2.88. The summed E-state index contributed by atoms with van der Waals surface area (Å²) in [5, 5.41) is 2.67. The fourth-order valence-electron chi connectivity index (χ4n) is 1.88. The second-order valence-corrected chi connectivity index (χ2v) is 4.41. The zero-order valence-electron chi connectivity index (χ0n) is 11.2. The van der Waals surface area contributed by atoms with Crippen LogP contribution in [0.1, 0.15) is 12.0 Å². The van der Waals surface area contributed by atoms with Crippen LogP contribution in [0.3, 0.4) is 0 Å². The number of benzene rings is 2. The number of halogens is 1. The Balaban J connectivity index is 1.88. The van der Waals surface area contributed by atoms with Crippen LogP contribution in [-0.4, -0.2) is 13.0 Å². The molecule has 4 heteroatoms. The Labute approximate surface area is 117 Å². The molecule has 0 heterocycles. The maximum absolute atomic E-state index is 13.0. The van der Waals surface area contributed by atoms with Gasteiger partial charge in [0.15, 0.2) is 0 Å². The summed E-state index contributed by atoms with van der Waals surface area (Å²) < 4.78 is 18.1. The summed E-state index contributed by atoms with van der Waals surface area (Å²) in [6.07, 6.45) is 0.946. The first kappa shape index (κ1) is 14.1. The van der Waals surface area contributed by atoms with Crippen LogP contribution in [0.25, 0.3) is 0 Å². The average Bonchev–Trinajstić information content (AvgIpc) is 2.45. The lowest BCUT2D eigenvalue weighted by Crippen LogP contribution is -2.12. The number of anilines is 1. The van der Waals surface area contributed by atoms with E-state index in [0.29, 0.717) is 18.5 Å². The number of nitrogens with one attached hydrogen (secondary N) is 1. The zero-order valence-corrected chi connectivity index (χ0v) is 11.2. The van der Waals surface area contributed by atoms with Crippen LogP contribution in [0.2, 0.25) is 0 Å². The maximum Gasteiger partial charge on any atom is 0.224 e. The van der Waals surface area contributed by atoms with E-state index in [9.17, 15) is 9.18 Å². The van der Waals surface area contributed by atoms with Crippen molar-refractivity contribution >= 4 is 11.6 Å². The summed E-state index contributed by atoms with van der Waals surface area (Å²) in [6.45, 7) is 0. The number of hydrogen-bond donors (Lipinski definition) is 1. The molecule has 0 unspecified atom stereocenters. The van der Waals surface area contributed by atoms with Gasteiger partial charge in [-0.25, -0.2) is 4.39 Å². The third-order valence-corrected chi connectivity index (χ3v) is 2.88. The molecule has 0 aromatic heterocycles. The number of hydrogen-bond acceptors (Lipinski definition) is 2. The minimum Gasteiger partial charge on any atom is -0.497 e. The van der Waals surface area contributed by atoms with Crippen molar-refractivity contribution < 1.29 is 13.9 Å². The number of aryl methyl sites for hydroxylation is 1. The van der Waals surface area contributed by atoms with Crippen molar-refractivity contribution in [3.63, 3.8) is 0 Å². The molecule has 0 bridgehead atoms. The molecule has 2 aromatic rings. The first-order valence-corrected chi connectivity index (χ1v) is 6.36. The lowest BCUT2D eigenvalue weighted by atomic mass is 10.1. The van der Waals surface area contributed by atoms with E-state index in [1.165, 1.54) is 12.1 Å². The molecule has 0 saturated carbocycles. The maximum atomic E-state index is 13.0. The van der Waals surface area contributed by atoms with Crippen molar-refractivity contribution in [3.05, 3.63) is 59.9 Å². The lowest BCUT2D eigenvalue weighted by molar-refractivity contribution is -0.116. The summed E-state index contributed by atoms with van der Waals surface area (Å²) >= 11 is 0. The van der Waals surface area contributed by atoms with Gasteiger partial charge >= 0.3 is 0 Å². The normalized spacial score (nSPS) is 10.1. The van der Waals surface area contributed by atoms with E-state index in [4.69, 9.17) is 4.74 Å². The summed E-state index contributed by atoms with van der Waals surface area (Å²) in [6, 6.07) is 13.4. The van der Waals surface area contributed by atoms with E-state index >= 15 is 0 Å². The van der Waals surface area contributed by atoms with Gasteiger partial charge < -0.3 is 10.1 Å². The summed E-state index contributed by atoms with van der Waals surface area (Å²) in [4.78, 5) is 11.8. The molecule has 2 rings (SSSR count). The highest BCUT2D eigenvalue weighted by atomic mass is 19.1. The first-order chi connectivity index (χ1) is 9.67. The third kappa shape index (κ3) is 4.09. The second-order valence-electron chi connectivity index (χ2n) is 4.41. The molecule has 3 nitrogen and oxygen atoms in total. The van der Waals surface area contributed by atoms with E-state index in [0.717, 1.165) is 11.3 Å². The van der Waals surface area contributed by atoms with Gasteiger partial charge in [-0.3, -0.25) is 4.79 Å². The molecule has 2 aromatic carbocycles. The van der Waals surface area contributed by atoms with Gasteiger partial charge in [0, 0.05) is 12.1 Å². The minimum absolute atomic E-state index is 0.140. The van der Waals surface area contributed by atoms with Gasteiger partial charge in [-0.1, -0.05) is 18.2 Å². The van der Waals surface area contributed by atoms with Gasteiger partial charge in [0.05, 0.1) is 7.11 Å². The number of carbonyl (C=O) groups excluding carboxylic acids is 1. The molecule has 0 saturated heterocycles. The monoisotopic (exact) mass is 273 g/mol. The number of methoxy groups -OCH3 is 1. The van der Waals surface area contributed by atoms with Crippen molar-refractivity contribution in [2.75, 3.05) is 12.4 Å². The van der Waals surface area contributed by atoms with E-state index in [2.05, 4.69) is 5.32 Å². The molecule has 1 N–H and O–H groups in total. The Bertz CT molecular complexity index is 599. The first-order valence-electron chi connectivity index (χ1n) is 6.36. The standard InChI is InChI=1S/C16H16FNO2/c1-20-15-7-2-4-12(10-15)8-9-16(19)18-14-6-3-5-13(17)11-14/h2-7,10-11H,8-9H2,1H3,(H,18,19). The minimum atomic E-state index is -0.365. The van der Waals surface area contributed by atoms with Gasteiger partial charge in [0.1, 0.15) is 11.6 Å². The molecule has 104 valence electrons. The fraction of sp³-hybridized carbons (Fsp3) is 0.188. The van der Waals surface area contributed by atoms with E-state index in [-0.39, 0.29) is 11.7 Å². The molecule has 0 aliphatic carbocycles. The smallest absolute Gasteiger partial charge is 0.224 e. The lowest BCUT2D eigenvalue weighted by Gasteiger charge is -2.06. The zero-order chi connectivity index (χ0) is 14.4. The van der Waals surface area contributed by atoms with Crippen LogP contribution in [0.5, 0.6) is 5.75 Å². The molecule has 0 spiro atoms. The SMILES string of the molecule is COc1cccc(CCC(=O)Nc2cccc(F)c2)c1. The van der Waals surface area contributed by atoms with E-state index in [1.807, 2.05) is 24.3 Å². The van der Waals surface area contributed by atoms with Gasteiger partial charge in [0.25, 0.3) is 0 Å². The molecule has 0 radical (unpaired) electrons. The van der Waals surface area contributed by atoms with Gasteiger partial charge in [-0.2, -0.15) is 0 Å². The van der Waals surface area contributed by atoms with Crippen molar-refractivity contribution in [1.29, 1.82) is 0 Å².